The number of aliphatic imine (C=N–C) groups is 1. The van der Waals surface area contributed by atoms with Crippen LogP contribution in [0.25, 0.3) is 0 Å². The maximum Gasteiger partial charge on any atom is 0.122 e. The van der Waals surface area contributed by atoms with Crippen LogP contribution in [0.5, 0.6) is 0 Å². The minimum atomic E-state index is 0.240. The van der Waals surface area contributed by atoms with E-state index in [-0.39, 0.29) is 5.92 Å². The second-order valence-corrected chi connectivity index (χ2v) is 3.45. The molecule has 0 radical (unpaired) electrons. The summed E-state index contributed by atoms with van der Waals surface area (Å²) < 4.78 is 0. The molecule has 0 saturated carbocycles. The molecule has 0 fully saturated rings. The lowest BCUT2D eigenvalue weighted by atomic mass is 10.1. The molecule has 1 N–H and O–H groups in total. The SMILES string of the molecule is CC(=NC(=N)C(C)C)C(C)C. The van der Waals surface area contributed by atoms with Gasteiger partial charge in [-0.2, -0.15) is 0 Å². The number of nitrogens with zero attached hydrogens (tertiary/aromatic N) is 1. The summed E-state index contributed by atoms with van der Waals surface area (Å²) in [5.74, 6) is 1.17. The summed E-state index contributed by atoms with van der Waals surface area (Å²) in [7, 11) is 0. The average molecular weight is 154 g/mol. The molecule has 11 heavy (non-hydrogen) atoms. The van der Waals surface area contributed by atoms with Crippen LogP contribution in [0.3, 0.4) is 0 Å². The number of hydrogen-bond acceptors (Lipinski definition) is 1. The first-order valence-corrected chi connectivity index (χ1v) is 4.08. The molecular weight excluding hydrogens is 136 g/mol. The van der Waals surface area contributed by atoms with Crippen molar-refractivity contribution in [3.8, 4) is 0 Å². The first-order valence-electron chi connectivity index (χ1n) is 4.08. The molecular formula is C9H18N2. The molecule has 0 atom stereocenters. The number of rotatable bonds is 2. The highest BCUT2D eigenvalue weighted by Crippen LogP contribution is 2.01. The number of nitrogens with one attached hydrogen (secondary N) is 1. The van der Waals surface area contributed by atoms with E-state index in [0.717, 1.165) is 5.71 Å². The van der Waals surface area contributed by atoms with Crippen LogP contribution in [-0.2, 0) is 0 Å². The van der Waals surface area contributed by atoms with Crippen LogP contribution in [-0.4, -0.2) is 11.5 Å². The number of hydrogen-bond donors (Lipinski definition) is 1. The Bertz CT molecular complexity index is 166. The van der Waals surface area contributed by atoms with Crippen molar-refractivity contribution in [1.82, 2.24) is 0 Å². The van der Waals surface area contributed by atoms with Gasteiger partial charge in [-0.1, -0.05) is 27.7 Å². The molecule has 0 aromatic heterocycles. The first-order chi connectivity index (χ1) is 4.95. The monoisotopic (exact) mass is 154 g/mol. The lowest BCUT2D eigenvalue weighted by Gasteiger charge is -2.06. The van der Waals surface area contributed by atoms with Crippen LogP contribution in [0.15, 0.2) is 4.99 Å². The molecule has 0 aromatic carbocycles. The van der Waals surface area contributed by atoms with E-state index in [4.69, 9.17) is 5.41 Å². The molecule has 64 valence electrons. The Kier molecular flexibility index (Phi) is 4.01. The first kappa shape index (κ1) is 10.3. The van der Waals surface area contributed by atoms with Crippen molar-refractivity contribution < 1.29 is 0 Å². The maximum atomic E-state index is 7.48. The molecule has 0 aliphatic rings. The van der Waals surface area contributed by atoms with Gasteiger partial charge >= 0.3 is 0 Å². The van der Waals surface area contributed by atoms with Gasteiger partial charge < -0.3 is 0 Å². The van der Waals surface area contributed by atoms with E-state index < -0.39 is 0 Å². The lowest BCUT2D eigenvalue weighted by Crippen LogP contribution is -2.09. The van der Waals surface area contributed by atoms with Crippen LogP contribution in [0, 0.1) is 17.2 Å². The molecule has 0 rings (SSSR count). The van der Waals surface area contributed by atoms with Crippen molar-refractivity contribution >= 4 is 11.5 Å². The van der Waals surface area contributed by atoms with Gasteiger partial charge in [-0.05, 0) is 12.8 Å². The van der Waals surface area contributed by atoms with E-state index in [1.54, 1.807) is 0 Å². The van der Waals surface area contributed by atoms with Gasteiger partial charge in [0.15, 0.2) is 0 Å². The number of amidine groups is 1. The summed E-state index contributed by atoms with van der Waals surface area (Å²) in [4.78, 5) is 4.18. The van der Waals surface area contributed by atoms with Gasteiger partial charge in [-0.25, -0.2) is 4.99 Å². The van der Waals surface area contributed by atoms with Crippen LogP contribution < -0.4 is 0 Å². The van der Waals surface area contributed by atoms with Crippen molar-refractivity contribution in [2.45, 2.75) is 34.6 Å². The summed E-state index contributed by atoms with van der Waals surface area (Å²) in [6.07, 6.45) is 0. The summed E-state index contributed by atoms with van der Waals surface area (Å²) in [6, 6.07) is 0. The predicted molar refractivity (Wildman–Crippen MR) is 50.5 cm³/mol. The minimum absolute atomic E-state index is 0.240. The Morgan fingerprint density at radius 3 is 1.82 bits per heavy atom. The van der Waals surface area contributed by atoms with Crippen molar-refractivity contribution in [2.75, 3.05) is 0 Å². The summed E-state index contributed by atoms with van der Waals surface area (Å²) in [6.45, 7) is 10.1. The van der Waals surface area contributed by atoms with Crippen LogP contribution in [0.4, 0.5) is 0 Å². The molecule has 2 nitrogen and oxygen atoms in total. The van der Waals surface area contributed by atoms with Crippen LogP contribution >= 0.6 is 0 Å². The van der Waals surface area contributed by atoms with E-state index >= 15 is 0 Å². The third-order valence-electron chi connectivity index (χ3n) is 1.68. The second kappa shape index (κ2) is 4.27. The minimum Gasteiger partial charge on any atom is -0.286 e. The third-order valence-corrected chi connectivity index (χ3v) is 1.68. The summed E-state index contributed by atoms with van der Waals surface area (Å²) >= 11 is 0. The van der Waals surface area contributed by atoms with E-state index in [1.165, 1.54) is 0 Å². The molecule has 0 unspecified atom stereocenters. The van der Waals surface area contributed by atoms with Crippen molar-refractivity contribution in [2.24, 2.45) is 16.8 Å². The van der Waals surface area contributed by atoms with Gasteiger partial charge in [0, 0.05) is 11.6 Å². The molecule has 0 amide bonds. The van der Waals surface area contributed by atoms with Gasteiger partial charge in [-0.15, -0.1) is 0 Å². The standard InChI is InChI=1S/C9H18N2/c1-6(2)8(5)11-9(10)7(3)4/h6-7,10H,1-5H3. The van der Waals surface area contributed by atoms with Gasteiger partial charge in [0.1, 0.15) is 5.84 Å². The quantitative estimate of drug-likeness (QED) is 0.469. The topological polar surface area (TPSA) is 36.2 Å². The van der Waals surface area contributed by atoms with Crippen molar-refractivity contribution in [3.05, 3.63) is 0 Å². The summed E-state index contributed by atoms with van der Waals surface area (Å²) in [5.41, 5.74) is 1.05. The molecule has 0 aromatic rings. The molecule has 0 heterocycles. The lowest BCUT2D eigenvalue weighted by molar-refractivity contribution is 0.848. The molecule has 0 spiro atoms. The molecule has 0 aliphatic carbocycles. The van der Waals surface area contributed by atoms with E-state index in [0.29, 0.717) is 11.8 Å². The Morgan fingerprint density at radius 1 is 1.09 bits per heavy atom. The maximum absolute atomic E-state index is 7.48. The molecule has 0 bridgehead atoms. The van der Waals surface area contributed by atoms with Crippen LogP contribution in [0.2, 0.25) is 0 Å². The predicted octanol–water partition coefficient (Wildman–Crippen LogP) is 2.74. The Labute approximate surface area is 69.2 Å². The molecule has 0 aliphatic heterocycles. The second-order valence-electron chi connectivity index (χ2n) is 3.45. The van der Waals surface area contributed by atoms with Crippen molar-refractivity contribution in [3.63, 3.8) is 0 Å². The molecule has 0 saturated heterocycles. The highest BCUT2D eigenvalue weighted by atomic mass is 14.8. The van der Waals surface area contributed by atoms with Gasteiger partial charge in [-0.3, -0.25) is 5.41 Å². The third kappa shape index (κ3) is 3.91. The summed E-state index contributed by atoms with van der Waals surface area (Å²) in [5, 5.41) is 7.48. The largest absolute Gasteiger partial charge is 0.286 e. The normalized spacial score (nSPS) is 12.8. The van der Waals surface area contributed by atoms with Gasteiger partial charge in [0.05, 0.1) is 0 Å². The van der Waals surface area contributed by atoms with Crippen molar-refractivity contribution in [1.29, 1.82) is 5.41 Å². The Morgan fingerprint density at radius 2 is 1.55 bits per heavy atom. The van der Waals surface area contributed by atoms with E-state index in [1.807, 2.05) is 20.8 Å². The smallest absolute Gasteiger partial charge is 0.122 e. The fourth-order valence-corrected chi connectivity index (χ4v) is 0.448. The van der Waals surface area contributed by atoms with Gasteiger partial charge in [0.2, 0.25) is 0 Å². The zero-order valence-electron chi connectivity index (χ0n) is 8.10. The van der Waals surface area contributed by atoms with Crippen LogP contribution in [0.1, 0.15) is 34.6 Å². The zero-order valence-corrected chi connectivity index (χ0v) is 8.10. The van der Waals surface area contributed by atoms with E-state index in [9.17, 15) is 0 Å². The Hall–Kier alpha value is -0.660. The highest BCUT2D eigenvalue weighted by molar-refractivity contribution is 5.97. The molecule has 2 heteroatoms. The zero-order chi connectivity index (χ0) is 9.02. The fourth-order valence-electron chi connectivity index (χ4n) is 0.448. The Balaban J connectivity index is 4.20. The fraction of sp³-hybridized carbons (Fsp3) is 0.778. The van der Waals surface area contributed by atoms with E-state index in [2.05, 4.69) is 18.8 Å². The van der Waals surface area contributed by atoms with Gasteiger partial charge in [0.25, 0.3) is 0 Å². The average Bonchev–Trinajstić information content (AvgIpc) is 1.87. The highest BCUT2D eigenvalue weighted by Gasteiger charge is 2.03.